The van der Waals surface area contributed by atoms with Crippen molar-refractivity contribution in [2.75, 3.05) is 26.7 Å². The number of rotatable bonds is 3. The van der Waals surface area contributed by atoms with E-state index in [9.17, 15) is 9.59 Å². The van der Waals surface area contributed by atoms with Crippen LogP contribution in [0.15, 0.2) is 0 Å². The molecule has 1 heterocycles. The molecule has 0 aliphatic carbocycles. The lowest BCUT2D eigenvalue weighted by molar-refractivity contribution is -0.111. The van der Waals surface area contributed by atoms with Gasteiger partial charge < -0.3 is 15.2 Å². The lowest BCUT2D eigenvalue weighted by Gasteiger charge is -2.44. The summed E-state index contributed by atoms with van der Waals surface area (Å²) in [7, 11) is 1.66. The molecule has 0 bridgehead atoms. The molecule has 1 fully saturated rings. The lowest BCUT2D eigenvalue weighted by atomic mass is 10.0. The van der Waals surface area contributed by atoms with Gasteiger partial charge in [0.05, 0.1) is 0 Å². The van der Waals surface area contributed by atoms with Crippen LogP contribution in [0.3, 0.4) is 0 Å². The summed E-state index contributed by atoms with van der Waals surface area (Å²) in [5, 5.41) is 14.9. The number of nitrogens with zero attached hydrogens (tertiary/aromatic N) is 1. The number of carbonyl (C=O) groups excluding carboxylic acids is 1. The van der Waals surface area contributed by atoms with E-state index in [1.54, 1.807) is 7.05 Å². The van der Waals surface area contributed by atoms with E-state index in [2.05, 4.69) is 10.6 Å². The van der Waals surface area contributed by atoms with Crippen LogP contribution in [0.5, 0.6) is 0 Å². The molecule has 1 atom stereocenters. The van der Waals surface area contributed by atoms with Gasteiger partial charge in [-0.1, -0.05) is 0 Å². The van der Waals surface area contributed by atoms with Gasteiger partial charge in [-0.3, -0.25) is 10.2 Å². The van der Waals surface area contributed by atoms with Crippen LogP contribution in [0.1, 0.15) is 6.42 Å². The van der Waals surface area contributed by atoms with Gasteiger partial charge in [0.15, 0.2) is 0 Å². The second kappa shape index (κ2) is 4.39. The van der Waals surface area contributed by atoms with E-state index in [1.807, 2.05) is 0 Å². The van der Waals surface area contributed by atoms with Crippen LogP contribution < -0.4 is 10.6 Å². The third-order valence-corrected chi connectivity index (χ3v) is 2.56. The highest BCUT2D eigenvalue weighted by Crippen LogP contribution is 2.17. The summed E-state index contributed by atoms with van der Waals surface area (Å²) in [6, 6.07) is 0. The first-order chi connectivity index (χ1) is 6.66. The summed E-state index contributed by atoms with van der Waals surface area (Å²) < 4.78 is 0. The van der Waals surface area contributed by atoms with Crippen molar-refractivity contribution in [2.24, 2.45) is 0 Å². The van der Waals surface area contributed by atoms with Crippen molar-refractivity contribution < 1.29 is 14.7 Å². The van der Waals surface area contributed by atoms with Gasteiger partial charge in [0.2, 0.25) is 0 Å². The molecular weight excluding hydrogens is 186 g/mol. The Morgan fingerprint density at radius 1 is 1.79 bits per heavy atom. The van der Waals surface area contributed by atoms with Crippen LogP contribution in [0.2, 0.25) is 0 Å². The molecule has 3 N–H and O–H groups in total. The smallest absolute Gasteiger partial charge is 0.408 e. The van der Waals surface area contributed by atoms with E-state index in [1.165, 1.54) is 4.90 Å². The number of carboxylic acid groups (broad SMARTS) is 1. The van der Waals surface area contributed by atoms with Gasteiger partial charge in [0.25, 0.3) is 0 Å². The standard InChI is InChI=1S/C8H15N3O3/c1-9-8(2-5-12)6-10-3-4-11(8)7(13)14/h5,9-10H,2-4,6H2,1H3,(H,13,14). The Morgan fingerprint density at radius 2 is 2.50 bits per heavy atom. The number of likely N-dealkylation sites (N-methyl/N-ethyl adjacent to an activating group) is 1. The molecule has 0 aromatic rings. The Labute approximate surface area is 82.3 Å². The minimum atomic E-state index is -0.997. The van der Waals surface area contributed by atoms with Crippen molar-refractivity contribution in [3.8, 4) is 0 Å². The van der Waals surface area contributed by atoms with E-state index in [4.69, 9.17) is 5.11 Å². The highest BCUT2D eigenvalue weighted by atomic mass is 16.4. The molecule has 0 aromatic heterocycles. The van der Waals surface area contributed by atoms with E-state index in [0.717, 1.165) is 6.29 Å². The number of nitrogens with one attached hydrogen (secondary N) is 2. The van der Waals surface area contributed by atoms with Crippen molar-refractivity contribution in [3.05, 3.63) is 0 Å². The van der Waals surface area contributed by atoms with Gasteiger partial charge in [0, 0.05) is 26.1 Å². The minimum Gasteiger partial charge on any atom is -0.465 e. The third kappa shape index (κ3) is 1.85. The van der Waals surface area contributed by atoms with Crippen molar-refractivity contribution in [2.45, 2.75) is 12.1 Å². The first-order valence-corrected chi connectivity index (χ1v) is 4.50. The molecule has 6 heteroatoms. The Hall–Kier alpha value is -1.14. The normalized spacial score (nSPS) is 27.4. The van der Waals surface area contributed by atoms with Gasteiger partial charge in [-0.05, 0) is 7.05 Å². The molecule has 1 unspecified atom stereocenters. The van der Waals surface area contributed by atoms with Crippen molar-refractivity contribution in [1.82, 2.24) is 15.5 Å². The SMILES string of the molecule is CNC1(CC=O)CNCCN1C(=O)O. The summed E-state index contributed by atoms with van der Waals surface area (Å²) in [6.45, 7) is 1.47. The van der Waals surface area contributed by atoms with E-state index in [0.29, 0.717) is 19.6 Å². The van der Waals surface area contributed by atoms with E-state index >= 15 is 0 Å². The maximum Gasteiger partial charge on any atom is 0.408 e. The van der Waals surface area contributed by atoms with E-state index in [-0.39, 0.29) is 6.42 Å². The molecule has 1 aliphatic rings. The number of aldehydes is 1. The molecule has 1 amide bonds. The van der Waals surface area contributed by atoms with Crippen molar-refractivity contribution in [3.63, 3.8) is 0 Å². The fourth-order valence-electron chi connectivity index (χ4n) is 1.72. The molecule has 0 radical (unpaired) electrons. The molecule has 1 saturated heterocycles. The van der Waals surface area contributed by atoms with Crippen LogP contribution in [-0.4, -0.2) is 54.7 Å². The average molecular weight is 201 g/mol. The Kier molecular flexibility index (Phi) is 3.43. The van der Waals surface area contributed by atoms with Crippen LogP contribution in [0.4, 0.5) is 4.79 Å². The maximum absolute atomic E-state index is 10.9. The Morgan fingerprint density at radius 3 is 3.00 bits per heavy atom. The topological polar surface area (TPSA) is 81.7 Å². The molecule has 1 rings (SSSR count). The molecular formula is C8H15N3O3. The van der Waals surface area contributed by atoms with Gasteiger partial charge in [-0.25, -0.2) is 4.79 Å². The van der Waals surface area contributed by atoms with Crippen LogP contribution in [0.25, 0.3) is 0 Å². The fraction of sp³-hybridized carbons (Fsp3) is 0.750. The summed E-state index contributed by atoms with van der Waals surface area (Å²) in [4.78, 5) is 22.7. The summed E-state index contributed by atoms with van der Waals surface area (Å²) in [6.07, 6.45) is -0.106. The zero-order chi connectivity index (χ0) is 10.6. The molecule has 1 aliphatic heterocycles. The van der Waals surface area contributed by atoms with Crippen LogP contribution in [-0.2, 0) is 4.79 Å². The predicted octanol–water partition coefficient (Wildman–Crippen LogP) is -0.926. The third-order valence-electron chi connectivity index (χ3n) is 2.56. The van der Waals surface area contributed by atoms with Crippen LogP contribution in [0, 0.1) is 0 Å². The highest BCUT2D eigenvalue weighted by molar-refractivity contribution is 5.67. The lowest BCUT2D eigenvalue weighted by Crippen LogP contribution is -2.69. The zero-order valence-electron chi connectivity index (χ0n) is 8.12. The first-order valence-electron chi connectivity index (χ1n) is 4.50. The zero-order valence-corrected chi connectivity index (χ0v) is 8.12. The van der Waals surface area contributed by atoms with Gasteiger partial charge in [-0.2, -0.15) is 0 Å². The second-order valence-corrected chi connectivity index (χ2v) is 3.26. The molecule has 80 valence electrons. The Balaban J connectivity index is 2.85. The van der Waals surface area contributed by atoms with E-state index < -0.39 is 11.8 Å². The fourth-order valence-corrected chi connectivity index (χ4v) is 1.72. The minimum absolute atomic E-state index is 0.156. The second-order valence-electron chi connectivity index (χ2n) is 3.26. The molecule has 0 saturated carbocycles. The number of carbonyl (C=O) groups is 2. The first kappa shape index (κ1) is 10.9. The molecule has 14 heavy (non-hydrogen) atoms. The molecule has 0 spiro atoms. The number of amides is 1. The average Bonchev–Trinajstić information content (AvgIpc) is 2.18. The number of piperazine rings is 1. The maximum atomic E-state index is 10.9. The predicted molar refractivity (Wildman–Crippen MR) is 50.1 cm³/mol. The quantitative estimate of drug-likeness (QED) is 0.514. The summed E-state index contributed by atoms with van der Waals surface area (Å²) in [5.74, 6) is 0. The van der Waals surface area contributed by atoms with Gasteiger partial charge in [-0.15, -0.1) is 0 Å². The largest absolute Gasteiger partial charge is 0.465 e. The van der Waals surface area contributed by atoms with Gasteiger partial charge in [0.1, 0.15) is 11.9 Å². The van der Waals surface area contributed by atoms with Gasteiger partial charge >= 0.3 is 6.09 Å². The Bertz CT molecular complexity index is 234. The van der Waals surface area contributed by atoms with Crippen molar-refractivity contribution >= 4 is 12.4 Å². The van der Waals surface area contributed by atoms with Crippen molar-refractivity contribution in [1.29, 1.82) is 0 Å². The molecule has 0 aromatic carbocycles. The van der Waals surface area contributed by atoms with Crippen LogP contribution >= 0.6 is 0 Å². The highest BCUT2D eigenvalue weighted by Gasteiger charge is 2.40. The summed E-state index contributed by atoms with van der Waals surface area (Å²) >= 11 is 0. The number of hydrogen-bond acceptors (Lipinski definition) is 4. The summed E-state index contributed by atoms with van der Waals surface area (Å²) in [5.41, 5.74) is -0.786. The monoisotopic (exact) mass is 201 g/mol. The number of hydrogen-bond donors (Lipinski definition) is 3. The molecule has 6 nitrogen and oxygen atoms in total.